The van der Waals surface area contributed by atoms with Crippen LogP contribution in [0.2, 0.25) is 0 Å². The van der Waals surface area contributed by atoms with Crippen LogP contribution in [0.3, 0.4) is 0 Å². The third kappa shape index (κ3) is 104. The van der Waals surface area contributed by atoms with Crippen molar-refractivity contribution in [3.8, 4) is 0 Å². The van der Waals surface area contributed by atoms with E-state index in [1.807, 2.05) is 157 Å². The zero-order valence-corrected chi connectivity index (χ0v) is 39.4. The first-order valence-electron chi connectivity index (χ1n) is 14.6. The molecule has 2 aliphatic rings. The molecule has 0 amide bonds. The summed E-state index contributed by atoms with van der Waals surface area (Å²) in [5.41, 5.74) is 0. The smallest absolute Gasteiger partial charge is 0.193 e. The van der Waals surface area contributed by atoms with E-state index in [0.717, 1.165) is 21.6 Å². The molecule has 0 atom stereocenters. The summed E-state index contributed by atoms with van der Waals surface area (Å²) < 4.78 is 41.0. The average Bonchev–Trinajstić information content (AvgIpc) is 3.89. The number of sulfone groups is 2. The SMILES string of the molecule is C.C.CC.CC.CC.CC.CC.CC.CC.CC.O=S1(=O)C=CC=C1.O=S1(=O)C=CC=C1.[2HH].[2HH].[B].[B].[U].[V].c1ccsc1.c1ccsc1. The molecule has 2 aliphatic heterocycles. The molecule has 0 N–H and O–H groups in total. The number of allylic oxidation sites excluding steroid dienone is 4. The number of hydrogen-bond acceptors (Lipinski definition) is 6. The van der Waals surface area contributed by atoms with Gasteiger partial charge in [-0.1, -0.05) is 150 Å². The van der Waals surface area contributed by atoms with Gasteiger partial charge in [0.2, 0.25) is 0 Å². The summed E-state index contributed by atoms with van der Waals surface area (Å²) in [7, 11) is -5.81. The van der Waals surface area contributed by atoms with E-state index in [4.69, 9.17) is 0 Å². The zero-order valence-electron chi connectivity index (χ0n) is 30.6. The van der Waals surface area contributed by atoms with Crippen LogP contribution in [0.1, 0.15) is 128 Å². The van der Waals surface area contributed by atoms with Crippen molar-refractivity contribution in [1.82, 2.24) is 0 Å². The molecule has 4 rings (SSSR count). The molecular weight excluding hydrogens is 911 g/mol. The van der Waals surface area contributed by atoms with Gasteiger partial charge in [-0.15, -0.1) is 0 Å². The predicted molar refractivity (Wildman–Crippen MR) is 223 cm³/mol. The monoisotopic (exact) mass is 989 g/mol. The summed E-state index contributed by atoms with van der Waals surface area (Å²) in [6, 6.07) is 8.07. The minimum Gasteiger partial charge on any atom is -0.220 e. The second-order valence-corrected chi connectivity index (χ2v) is 9.16. The van der Waals surface area contributed by atoms with E-state index in [1.54, 1.807) is 22.7 Å². The Balaban J connectivity index is -0.0000000171. The topological polar surface area (TPSA) is 68.3 Å². The molecular formula is C34H76B2O4S4UV. The largest absolute Gasteiger partial charge is 0.220 e. The summed E-state index contributed by atoms with van der Waals surface area (Å²) in [5, 5.41) is 12.8. The van der Waals surface area contributed by atoms with Crippen molar-refractivity contribution in [1.29, 1.82) is 0 Å². The number of thiophene rings is 2. The van der Waals surface area contributed by atoms with Gasteiger partial charge in [0.05, 0.1) is 0 Å². The molecule has 0 saturated carbocycles. The Morgan fingerprint density at radius 3 is 0.565 bits per heavy atom. The summed E-state index contributed by atoms with van der Waals surface area (Å²) in [6.07, 6.45) is 5.98. The summed E-state index contributed by atoms with van der Waals surface area (Å²) in [6.45, 7) is 32.0. The second-order valence-electron chi connectivity index (χ2n) is 4.08. The molecule has 12 heteroatoms. The maximum atomic E-state index is 10.3. The molecule has 2 aromatic rings. The van der Waals surface area contributed by atoms with Gasteiger partial charge in [0.1, 0.15) is 0 Å². The fraction of sp³-hybridized carbons (Fsp3) is 0.529. The van der Waals surface area contributed by atoms with E-state index in [2.05, 4.69) is 0 Å². The van der Waals surface area contributed by atoms with Crippen LogP contribution in [-0.2, 0) is 38.2 Å². The van der Waals surface area contributed by atoms with E-state index in [9.17, 15) is 16.8 Å². The minimum absolute atomic E-state index is 0. The van der Waals surface area contributed by atoms with Gasteiger partial charge in [-0.05, 0) is 45.8 Å². The Bertz CT molecular complexity index is 766. The third-order valence-electron chi connectivity index (χ3n) is 2.15. The van der Waals surface area contributed by atoms with Crippen molar-refractivity contribution < 1.29 is 69.4 Å². The van der Waals surface area contributed by atoms with Crippen molar-refractivity contribution >= 4 is 59.2 Å². The molecule has 0 spiro atoms. The summed E-state index contributed by atoms with van der Waals surface area (Å²) in [5.74, 6) is 0. The molecule has 7 radical (unpaired) electrons. The maximum absolute atomic E-state index is 10.3. The van der Waals surface area contributed by atoms with Crippen LogP contribution in [0.25, 0.3) is 0 Å². The van der Waals surface area contributed by atoms with E-state index >= 15 is 0 Å². The van der Waals surface area contributed by atoms with Crippen LogP contribution in [0.5, 0.6) is 0 Å². The molecule has 0 aromatic carbocycles. The standard InChI is InChI=1S/2C4H4O2S.2C4H4S.8C2H6.2CH4.2B.U.V.2H2/c2*5-7(6)3-1-2-4-7;2*1-2-4-5-3-1;8*1-2;;;;;;;;/h2*1-4H;2*1-4H;8*1-2H3;2*1H4;;;;;2*1H/i;;;;;;;;;;;;;;;;;;2*1+1. The molecule has 0 bridgehead atoms. The summed E-state index contributed by atoms with van der Waals surface area (Å²) >= 11 is 3.43. The Labute approximate surface area is 342 Å². The molecule has 0 aliphatic carbocycles. The average molecular weight is 990 g/mol. The van der Waals surface area contributed by atoms with Crippen molar-refractivity contribution in [2.75, 3.05) is 0 Å². The van der Waals surface area contributed by atoms with Crippen LogP contribution in [0.15, 0.2) is 91.7 Å². The molecule has 46 heavy (non-hydrogen) atoms. The Hall–Kier alpha value is 0.0262. The molecule has 4 heterocycles. The number of hydrogen-bond donors (Lipinski definition) is 0. The third-order valence-corrected chi connectivity index (χ3v) is 5.55. The molecule has 275 valence electrons. The first kappa shape index (κ1) is 91.0. The van der Waals surface area contributed by atoms with Crippen LogP contribution < -0.4 is 0 Å². The van der Waals surface area contributed by atoms with Gasteiger partial charge < -0.3 is 0 Å². The van der Waals surface area contributed by atoms with E-state index in [1.165, 1.54) is 24.3 Å². The first-order valence-corrected chi connectivity index (χ1v) is 19.7. The quantitative estimate of drug-likeness (QED) is 0.247. The maximum Gasteiger partial charge on any atom is 0.193 e. The Kier molecular flexibility index (Phi) is 191. The second kappa shape index (κ2) is 96.8. The Morgan fingerprint density at radius 2 is 0.522 bits per heavy atom. The van der Waals surface area contributed by atoms with E-state index in [-0.39, 0.29) is 84.2 Å². The van der Waals surface area contributed by atoms with Crippen LogP contribution in [0.4, 0.5) is 0 Å². The van der Waals surface area contributed by atoms with Crippen LogP contribution in [0, 0.1) is 31.1 Å². The Morgan fingerprint density at radius 1 is 0.391 bits per heavy atom. The normalized spacial score (nSPS) is 9.91. The van der Waals surface area contributed by atoms with Gasteiger partial charge in [-0.2, -0.15) is 22.7 Å². The van der Waals surface area contributed by atoms with Gasteiger partial charge in [-0.3, -0.25) is 0 Å². The predicted octanol–water partition coefficient (Wildman–Crippen LogP) is 13.6. The van der Waals surface area contributed by atoms with Crippen molar-refractivity contribution in [3.05, 3.63) is 91.7 Å². The van der Waals surface area contributed by atoms with Crippen molar-refractivity contribution in [3.63, 3.8) is 0 Å². The van der Waals surface area contributed by atoms with E-state index < -0.39 is 19.7 Å². The van der Waals surface area contributed by atoms with Gasteiger partial charge in [-0.25, -0.2) is 16.8 Å². The zero-order chi connectivity index (χ0) is 33.7. The van der Waals surface area contributed by atoms with Gasteiger partial charge in [0.15, 0.2) is 19.7 Å². The van der Waals surface area contributed by atoms with Gasteiger partial charge >= 0.3 is 0 Å². The molecule has 0 saturated heterocycles. The molecule has 0 unspecified atom stereocenters. The molecule has 4 nitrogen and oxygen atoms in total. The summed E-state index contributed by atoms with van der Waals surface area (Å²) in [4.78, 5) is 0. The van der Waals surface area contributed by atoms with Crippen LogP contribution >= 0.6 is 22.7 Å². The minimum atomic E-state index is -2.91. The van der Waals surface area contributed by atoms with Crippen LogP contribution in [-0.4, -0.2) is 33.7 Å². The van der Waals surface area contributed by atoms with Crippen molar-refractivity contribution in [2.45, 2.75) is 126 Å². The van der Waals surface area contributed by atoms with Crippen molar-refractivity contribution in [2.24, 2.45) is 0 Å². The first-order chi connectivity index (χ1) is 19.4. The number of rotatable bonds is 0. The fourth-order valence-electron chi connectivity index (χ4n) is 1.16. The van der Waals surface area contributed by atoms with E-state index in [0.29, 0.717) is 0 Å². The van der Waals surface area contributed by atoms with Gasteiger partial charge in [0, 0.05) is 91.0 Å². The molecule has 2 aromatic heterocycles. The fourth-order valence-corrected chi connectivity index (χ4v) is 3.49. The van der Waals surface area contributed by atoms with Gasteiger partial charge in [0.25, 0.3) is 0 Å². The molecule has 0 fully saturated rings.